The molecule has 5 nitrogen and oxygen atoms in total. The average molecular weight is 284 g/mol. The summed E-state index contributed by atoms with van der Waals surface area (Å²) in [6, 6.07) is 14.8. The van der Waals surface area contributed by atoms with E-state index in [-0.39, 0.29) is 18.9 Å². The molecule has 0 aromatic heterocycles. The molecule has 2 rings (SSSR count). The minimum atomic E-state index is -0.878. The number of carboxylic acids is 1. The first-order valence-corrected chi connectivity index (χ1v) is 6.46. The van der Waals surface area contributed by atoms with Crippen molar-refractivity contribution in [3.63, 3.8) is 0 Å². The number of hydrogen-bond donors (Lipinski definition) is 3. The van der Waals surface area contributed by atoms with E-state index in [0.29, 0.717) is 11.3 Å². The third-order valence-electron chi connectivity index (χ3n) is 2.97. The van der Waals surface area contributed by atoms with Gasteiger partial charge in [-0.05, 0) is 23.3 Å². The highest BCUT2D eigenvalue weighted by Crippen LogP contribution is 2.22. The van der Waals surface area contributed by atoms with Crippen LogP contribution in [0.5, 0.6) is 5.75 Å². The van der Waals surface area contributed by atoms with Gasteiger partial charge in [0.1, 0.15) is 11.6 Å². The number of amidine groups is 1. The van der Waals surface area contributed by atoms with Crippen LogP contribution in [0.25, 0.3) is 11.1 Å². The molecule has 2 aromatic carbocycles. The molecule has 108 valence electrons. The van der Waals surface area contributed by atoms with Gasteiger partial charge in [0.05, 0.1) is 13.0 Å². The molecule has 0 radical (unpaired) electrons. The molecule has 0 saturated carbocycles. The number of carbonyl (C=O) groups is 1. The van der Waals surface area contributed by atoms with Crippen LogP contribution >= 0.6 is 0 Å². The molecule has 5 heteroatoms. The summed E-state index contributed by atoms with van der Waals surface area (Å²) in [5.74, 6) is -0.193. The van der Waals surface area contributed by atoms with Crippen molar-refractivity contribution in [3.8, 4) is 16.9 Å². The third-order valence-corrected chi connectivity index (χ3v) is 2.97. The number of benzene rings is 2. The van der Waals surface area contributed by atoms with E-state index < -0.39 is 5.97 Å². The first kappa shape index (κ1) is 14.6. The van der Waals surface area contributed by atoms with Crippen LogP contribution in [0.3, 0.4) is 0 Å². The van der Waals surface area contributed by atoms with Gasteiger partial charge < -0.3 is 15.6 Å². The van der Waals surface area contributed by atoms with E-state index in [1.54, 1.807) is 24.3 Å². The summed E-state index contributed by atoms with van der Waals surface area (Å²) in [6.07, 6.45) is -0.0196. The summed E-state index contributed by atoms with van der Waals surface area (Å²) >= 11 is 0. The van der Waals surface area contributed by atoms with Crippen molar-refractivity contribution in [2.45, 2.75) is 6.42 Å². The number of rotatable bonds is 6. The van der Waals surface area contributed by atoms with Gasteiger partial charge in [0.15, 0.2) is 0 Å². The Morgan fingerprint density at radius 2 is 1.57 bits per heavy atom. The Morgan fingerprint density at radius 1 is 1.05 bits per heavy atom. The fourth-order valence-electron chi connectivity index (χ4n) is 1.84. The second-order valence-electron chi connectivity index (χ2n) is 4.51. The molecule has 0 aliphatic carbocycles. The van der Waals surface area contributed by atoms with Crippen molar-refractivity contribution in [1.82, 2.24) is 0 Å². The molecule has 0 bridgehead atoms. The van der Waals surface area contributed by atoms with Crippen molar-refractivity contribution >= 4 is 11.8 Å². The van der Waals surface area contributed by atoms with Crippen molar-refractivity contribution in [1.29, 1.82) is 5.41 Å². The van der Waals surface area contributed by atoms with Gasteiger partial charge in [-0.3, -0.25) is 10.2 Å². The van der Waals surface area contributed by atoms with Gasteiger partial charge in [0.2, 0.25) is 0 Å². The maximum absolute atomic E-state index is 10.4. The van der Waals surface area contributed by atoms with Crippen LogP contribution in [-0.2, 0) is 4.79 Å². The molecule has 0 heterocycles. The van der Waals surface area contributed by atoms with E-state index in [0.717, 1.165) is 11.1 Å². The van der Waals surface area contributed by atoms with Gasteiger partial charge in [-0.1, -0.05) is 36.4 Å². The van der Waals surface area contributed by atoms with Crippen LogP contribution in [0.1, 0.15) is 12.0 Å². The lowest BCUT2D eigenvalue weighted by molar-refractivity contribution is -0.137. The number of hydrogen-bond acceptors (Lipinski definition) is 3. The van der Waals surface area contributed by atoms with Crippen LogP contribution in [0.4, 0.5) is 0 Å². The first-order chi connectivity index (χ1) is 10.1. The van der Waals surface area contributed by atoms with Gasteiger partial charge >= 0.3 is 5.97 Å². The van der Waals surface area contributed by atoms with Crippen molar-refractivity contribution in [2.75, 3.05) is 6.61 Å². The summed E-state index contributed by atoms with van der Waals surface area (Å²) in [5, 5.41) is 15.9. The first-order valence-electron chi connectivity index (χ1n) is 6.46. The van der Waals surface area contributed by atoms with E-state index in [4.69, 9.17) is 21.0 Å². The Kier molecular flexibility index (Phi) is 4.56. The third kappa shape index (κ3) is 4.07. The monoisotopic (exact) mass is 284 g/mol. The predicted octanol–water partition coefficient (Wildman–Crippen LogP) is 2.49. The van der Waals surface area contributed by atoms with E-state index in [2.05, 4.69) is 0 Å². The normalized spacial score (nSPS) is 10.1. The molecule has 0 unspecified atom stereocenters. The van der Waals surface area contributed by atoms with Gasteiger partial charge in [0.25, 0.3) is 0 Å². The zero-order chi connectivity index (χ0) is 15.2. The molecule has 2 aromatic rings. The quantitative estimate of drug-likeness (QED) is 0.561. The molecule has 0 amide bonds. The highest BCUT2D eigenvalue weighted by atomic mass is 16.5. The van der Waals surface area contributed by atoms with Crippen LogP contribution in [0, 0.1) is 5.41 Å². The van der Waals surface area contributed by atoms with Gasteiger partial charge in [-0.2, -0.15) is 0 Å². The maximum Gasteiger partial charge on any atom is 0.306 e. The summed E-state index contributed by atoms with van der Waals surface area (Å²) in [5.41, 5.74) is 8.12. The SMILES string of the molecule is N=C(N)c1ccc(-c2ccc(OCCC(=O)O)cc2)cc1. The number of aliphatic carboxylic acids is 1. The molecule has 0 fully saturated rings. The second kappa shape index (κ2) is 6.56. The Labute approximate surface area is 122 Å². The molecule has 21 heavy (non-hydrogen) atoms. The Morgan fingerprint density at radius 3 is 2.05 bits per heavy atom. The summed E-state index contributed by atoms with van der Waals surface area (Å²) in [7, 11) is 0. The molecule has 0 atom stereocenters. The van der Waals surface area contributed by atoms with Gasteiger partial charge in [-0.25, -0.2) is 0 Å². The smallest absolute Gasteiger partial charge is 0.306 e. The molecule has 0 aliphatic rings. The zero-order valence-corrected chi connectivity index (χ0v) is 11.4. The van der Waals surface area contributed by atoms with E-state index in [1.165, 1.54) is 0 Å². The standard InChI is InChI=1S/C16H16N2O3/c17-16(18)13-3-1-11(2-4-13)12-5-7-14(8-6-12)21-10-9-15(19)20/h1-8H,9-10H2,(H3,17,18)(H,19,20). The lowest BCUT2D eigenvalue weighted by Crippen LogP contribution is -2.10. The summed E-state index contributed by atoms with van der Waals surface area (Å²) < 4.78 is 5.33. The second-order valence-corrected chi connectivity index (χ2v) is 4.51. The lowest BCUT2D eigenvalue weighted by Gasteiger charge is -2.07. The fraction of sp³-hybridized carbons (Fsp3) is 0.125. The highest BCUT2D eigenvalue weighted by molar-refractivity contribution is 5.95. The Hall–Kier alpha value is -2.82. The number of nitrogens with one attached hydrogen (secondary N) is 1. The molecule has 0 saturated heterocycles. The molecule has 0 aliphatic heterocycles. The van der Waals surface area contributed by atoms with Crippen LogP contribution in [0.15, 0.2) is 48.5 Å². The summed E-state index contributed by atoms with van der Waals surface area (Å²) in [4.78, 5) is 10.4. The predicted molar refractivity (Wildman–Crippen MR) is 80.6 cm³/mol. The highest BCUT2D eigenvalue weighted by Gasteiger charge is 2.02. The average Bonchev–Trinajstić information content (AvgIpc) is 2.48. The summed E-state index contributed by atoms with van der Waals surface area (Å²) in [6.45, 7) is 0.155. The van der Waals surface area contributed by atoms with Crippen LogP contribution < -0.4 is 10.5 Å². The largest absolute Gasteiger partial charge is 0.493 e. The minimum Gasteiger partial charge on any atom is -0.493 e. The zero-order valence-electron chi connectivity index (χ0n) is 11.4. The van der Waals surface area contributed by atoms with Crippen LogP contribution in [-0.4, -0.2) is 23.5 Å². The van der Waals surface area contributed by atoms with E-state index in [9.17, 15) is 4.79 Å². The van der Waals surface area contributed by atoms with Crippen LogP contribution in [0.2, 0.25) is 0 Å². The van der Waals surface area contributed by atoms with Crippen molar-refractivity contribution in [2.24, 2.45) is 5.73 Å². The van der Waals surface area contributed by atoms with Gasteiger partial charge in [-0.15, -0.1) is 0 Å². The molecule has 0 spiro atoms. The topological polar surface area (TPSA) is 96.4 Å². The minimum absolute atomic E-state index is 0.0196. The number of nitrogens with two attached hydrogens (primary N) is 1. The number of nitrogen functional groups attached to an aromatic ring is 1. The van der Waals surface area contributed by atoms with Crippen molar-refractivity contribution < 1.29 is 14.6 Å². The van der Waals surface area contributed by atoms with E-state index >= 15 is 0 Å². The number of carboxylic acid groups (broad SMARTS) is 1. The maximum atomic E-state index is 10.4. The van der Waals surface area contributed by atoms with Gasteiger partial charge in [0, 0.05) is 5.56 Å². The molecule has 4 N–H and O–H groups in total. The Bertz CT molecular complexity index is 634. The lowest BCUT2D eigenvalue weighted by atomic mass is 10.0. The number of ether oxygens (including phenoxy) is 1. The molecular weight excluding hydrogens is 268 g/mol. The van der Waals surface area contributed by atoms with Crippen molar-refractivity contribution in [3.05, 3.63) is 54.1 Å². The molecular formula is C16H16N2O3. The Balaban J connectivity index is 2.04. The fourth-order valence-corrected chi connectivity index (χ4v) is 1.84. The van der Waals surface area contributed by atoms with E-state index in [1.807, 2.05) is 24.3 Å².